The van der Waals surface area contributed by atoms with Crippen LogP contribution in [0.15, 0.2) is 24.3 Å². The number of carbonyl (C=O) groups is 1. The topological polar surface area (TPSA) is 52.3 Å². The first-order chi connectivity index (χ1) is 8.18. The molecule has 1 unspecified atom stereocenters. The van der Waals surface area contributed by atoms with Crippen molar-refractivity contribution < 1.29 is 9.53 Å². The number of hydrogen-bond donors (Lipinski definition) is 1. The van der Waals surface area contributed by atoms with Gasteiger partial charge in [-0.25, -0.2) is 0 Å². The Morgan fingerprint density at radius 2 is 1.88 bits per heavy atom. The first-order valence-corrected chi connectivity index (χ1v) is 6.19. The summed E-state index contributed by atoms with van der Waals surface area (Å²) in [6, 6.07) is 7.36. The maximum absolute atomic E-state index is 11.6. The molecule has 92 valence electrons. The summed E-state index contributed by atoms with van der Waals surface area (Å²) in [4.78, 5) is 11.6. The van der Waals surface area contributed by atoms with Gasteiger partial charge in [-0.15, -0.1) is 0 Å². The van der Waals surface area contributed by atoms with E-state index >= 15 is 0 Å². The van der Waals surface area contributed by atoms with Crippen LogP contribution in [0, 0.1) is 5.92 Å². The molecule has 0 saturated carbocycles. The fourth-order valence-electron chi connectivity index (χ4n) is 2.39. The minimum absolute atomic E-state index is 0.226. The van der Waals surface area contributed by atoms with Crippen molar-refractivity contribution in [3.05, 3.63) is 34.9 Å². The third kappa shape index (κ3) is 2.99. The Labute approximate surface area is 106 Å². The second-order valence-corrected chi connectivity index (χ2v) is 4.82. The molecule has 17 heavy (non-hydrogen) atoms. The molecule has 1 saturated heterocycles. The zero-order chi connectivity index (χ0) is 12.3. The highest BCUT2D eigenvalue weighted by atomic mass is 35.5. The fourth-order valence-corrected chi connectivity index (χ4v) is 2.51. The third-order valence-electron chi connectivity index (χ3n) is 3.27. The van der Waals surface area contributed by atoms with Crippen LogP contribution in [-0.2, 0) is 9.53 Å². The molecule has 3 nitrogen and oxygen atoms in total. The molecule has 2 rings (SSSR count). The molecule has 4 heteroatoms. The van der Waals surface area contributed by atoms with E-state index in [-0.39, 0.29) is 17.7 Å². The van der Waals surface area contributed by atoms with Gasteiger partial charge in [-0.1, -0.05) is 23.7 Å². The molecule has 2 N–H and O–H groups in total. The predicted octanol–water partition coefficient (Wildman–Crippen LogP) is 2.34. The first kappa shape index (κ1) is 12.4. The molecule has 0 aromatic heterocycles. The van der Waals surface area contributed by atoms with Gasteiger partial charge >= 0.3 is 0 Å². The highest BCUT2D eigenvalue weighted by Gasteiger charge is 2.29. The smallest absolute Gasteiger partial charge is 0.225 e. The van der Waals surface area contributed by atoms with Crippen LogP contribution in [-0.4, -0.2) is 19.1 Å². The first-order valence-electron chi connectivity index (χ1n) is 5.81. The van der Waals surface area contributed by atoms with Gasteiger partial charge < -0.3 is 10.5 Å². The van der Waals surface area contributed by atoms with Crippen molar-refractivity contribution in [3.8, 4) is 0 Å². The molecular formula is C13H16ClNO2. The SMILES string of the molecule is NC(=O)C(c1ccc(Cl)cc1)C1CCOCC1. The highest BCUT2D eigenvalue weighted by Crippen LogP contribution is 2.32. The Kier molecular flexibility index (Phi) is 4.02. The molecule has 0 bridgehead atoms. The van der Waals surface area contributed by atoms with E-state index < -0.39 is 0 Å². The summed E-state index contributed by atoms with van der Waals surface area (Å²) >= 11 is 5.85. The summed E-state index contributed by atoms with van der Waals surface area (Å²) in [5.41, 5.74) is 6.48. The average molecular weight is 254 g/mol. The van der Waals surface area contributed by atoms with Gasteiger partial charge in [0.05, 0.1) is 5.92 Å². The van der Waals surface area contributed by atoms with Gasteiger partial charge in [0.1, 0.15) is 0 Å². The summed E-state index contributed by atoms with van der Waals surface area (Å²) in [7, 11) is 0. The molecule has 1 atom stereocenters. The molecule has 1 aliphatic rings. The zero-order valence-electron chi connectivity index (χ0n) is 9.56. The van der Waals surface area contributed by atoms with Crippen molar-refractivity contribution in [1.82, 2.24) is 0 Å². The van der Waals surface area contributed by atoms with Gasteiger partial charge in [-0.05, 0) is 36.5 Å². The summed E-state index contributed by atoms with van der Waals surface area (Å²) in [6.07, 6.45) is 1.77. The van der Waals surface area contributed by atoms with Crippen LogP contribution in [0.3, 0.4) is 0 Å². The lowest BCUT2D eigenvalue weighted by molar-refractivity contribution is -0.121. The second kappa shape index (κ2) is 5.52. The summed E-state index contributed by atoms with van der Waals surface area (Å²) in [5, 5.41) is 0.670. The number of primary amides is 1. The Bertz CT molecular complexity index is 385. The van der Waals surface area contributed by atoms with Crippen LogP contribution in [0.5, 0.6) is 0 Å². The van der Waals surface area contributed by atoms with E-state index in [4.69, 9.17) is 22.1 Å². The minimum Gasteiger partial charge on any atom is -0.381 e. The number of halogens is 1. The lowest BCUT2D eigenvalue weighted by Crippen LogP contribution is -2.31. The van der Waals surface area contributed by atoms with Crippen LogP contribution in [0.25, 0.3) is 0 Å². The Morgan fingerprint density at radius 3 is 2.41 bits per heavy atom. The van der Waals surface area contributed by atoms with Crippen molar-refractivity contribution in [2.24, 2.45) is 11.7 Å². The van der Waals surface area contributed by atoms with Gasteiger partial charge in [-0.2, -0.15) is 0 Å². The average Bonchev–Trinajstić information content (AvgIpc) is 2.33. The molecule has 1 amide bonds. The molecular weight excluding hydrogens is 238 g/mol. The van der Waals surface area contributed by atoms with Gasteiger partial charge in [-0.3, -0.25) is 4.79 Å². The standard InChI is InChI=1S/C13H16ClNO2/c14-11-3-1-9(2-4-11)12(13(15)16)10-5-7-17-8-6-10/h1-4,10,12H,5-8H2,(H2,15,16). The van der Waals surface area contributed by atoms with E-state index in [1.807, 2.05) is 12.1 Å². The van der Waals surface area contributed by atoms with Crippen LogP contribution in [0.1, 0.15) is 24.3 Å². The third-order valence-corrected chi connectivity index (χ3v) is 3.52. The van der Waals surface area contributed by atoms with Crippen molar-refractivity contribution >= 4 is 17.5 Å². The predicted molar refractivity (Wildman–Crippen MR) is 66.9 cm³/mol. The second-order valence-electron chi connectivity index (χ2n) is 4.38. The maximum atomic E-state index is 11.6. The van der Waals surface area contributed by atoms with E-state index in [9.17, 15) is 4.79 Å². The number of benzene rings is 1. The normalized spacial score (nSPS) is 18.9. The van der Waals surface area contributed by atoms with Crippen LogP contribution < -0.4 is 5.73 Å². The Hall–Kier alpha value is -1.06. The molecule has 0 aliphatic carbocycles. The summed E-state index contributed by atoms with van der Waals surface area (Å²) < 4.78 is 5.31. The number of hydrogen-bond acceptors (Lipinski definition) is 2. The molecule has 1 aromatic carbocycles. The van der Waals surface area contributed by atoms with Gasteiger partial charge in [0.25, 0.3) is 0 Å². The van der Waals surface area contributed by atoms with Crippen LogP contribution in [0.2, 0.25) is 5.02 Å². The number of carbonyl (C=O) groups excluding carboxylic acids is 1. The quantitative estimate of drug-likeness (QED) is 0.899. The largest absolute Gasteiger partial charge is 0.381 e. The number of ether oxygens (including phenoxy) is 1. The van der Waals surface area contributed by atoms with Gasteiger partial charge in [0.15, 0.2) is 0 Å². The molecule has 0 radical (unpaired) electrons. The summed E-state index contributed by atoms with van der Waals surface area (Å²) in [5.74, 6) is -0.210. The van der Waals surface area contributed by atoms with Crippen molar-refractivity contribution in [3.63, 3.8) is 0 Å². The van der Waals surface area contributed by atoms with E-state index in [2.05, 4.69) is 0 Å². The van der Waals surface area contributed by atoms with E-state index in [0.29, 0.717) is 18.2 Å². The van der Waals surface area contributed by atoms with Crippen LogP contribution >= 0.6 is 11.6 Å². The van der Waals surface area contributed by atoms with Crippen LogP contribution in [0.4, 0.5) is 0 Å². The maximum Gasteiger partial charge on any atom is 0.225 e. The van der Waals surface area contributed by atoms with Crippen molar-refractivity contribution in [2.75, 3.05) is 13.2 Å². The van der Waals surface area contributed by atoms with Crippen molar-refractivity contribution in [1.29, 1.82) is 0 Å². The molecule has 1 fully saturated rings. The molecule has 1 aliphatic heterocycles. The highest BCUT2D eigenvalue weighted by molar-refractivity contribution is 6.30. The zero-order valence-corrected chi connectivity index (χ0v) is 10.3. The van der Waals surface area contributed by atoms with E-state index in [1.165, 1.54) is 0 Å². The van der Waals surface area contributed by atoms with E-state index in [0.717, 1.165) is 18.4 Å². The number of nitrogens with two attached hydrogens (primary N) is 1. The number of rotatable bonds is 3. The molecule has 1 heterocycles. The monoisotopic (exact) mass is 253 g/mol. The number of amides is 1. The molecule has 0 spiro atoms. The van der Waals surface area contributed by atoms with Gasteiger partial charge in [0, 0.05) is 18.2 Å². The Balaban J connectivity index is 2.21. The van der Waals surface area contributed by atoms with Crippen molar-refractivity contribution in [2.45, 2.75) is 18.8 Å². The molecule has 1 aromatic rings. The van der Waals surface area contributed by atoms with E-state index in [1.54, 1.807) is 12.1 Å². The lowest BCUT2D eigenvalue weighted by atomic mass is 9.81. The Morgan fingerprint density at radius 1 is 1.29 bits per heavy atom. The van der Waals surface area contributed by atoms with Gasteiger partial charge in [0.2, 0.25) is 5.91 Å². The fraction of sp³-hybridized carbons (Fsp3) is 0.462. The lowest BCUT2D eigenvalue weighted by Gasteiger charge is -2.28. The summed E-state index contributed by atoms with van der Waals surface area (Å²) in [6.45, 7) is 1.42. The minimum atomic E-state index is -0.265.